The van der Waals surface area contributed by atoms with Gasteiger partial charge in [-0.15, -0.1) is 0 Å². The summed E-state index contributed by atoms with van der Waals surface area (Å²) in [5.74, 6) is 2.25. The average molecular weight is 252 g/mol. The van der Waals surface area contributed by atoms with E-state index in [1.165, 1.54) is 25.7 Å². The summed E-state index contributed by atoms with van der Waals surface area (Å²) in [7, 11) is 0. The summed E-state index contributed by atoms with van der Waals surface area (Å²) in [6.45, 7) is 4.34. The predicted octanol–water partition coefficient (Wildman–Crippen LogP) is 4.31. The van der Waals surface area contributed by atoms with E-state index in [0.29, 0.717) is 23.4 Å². The first-order chi connectivity index (χ1) is 8.58. The van der Waals surface area contributed by atoms with E-state index in [1.807, 2.05) is 0 Å². The molecule has 2 rings (SSSR count). The molecular weight excluding hydrogens is 224 g/mol. The highest BCUT2D eigenvalue weighted by Gasteiger charge is 2.13. The molecule has 2 aliphatic carbocycles. The highest BCUT2D eigenvalue weighted by molar-refractivity contribution is 5.79. The van der Waals surface area contributed by atoms with Gasteiger partial charge in [-0.2, -0.15) is 0 Å². The average Bonchev–Trinajstić information content (AvgIpc) is 2.59. The van der Waals surface area contributed by atoms with Crippen LogP contribution in [0.3, 0.4) is 0 Å². The van der Waals surface area contributed by atoms with Gasteiger partial charge < -0.3 is 0 Å². The molecule has 0 aromatic heterocycles. The first-order valence-corrected chi connectivity index (χ1v) is 7.61. The van der Waals surface area contributed by atoms with Gasteiger partial charge in [-0.3, -0.25) is 9.59 Å². The molecule has 0 heterocycles. The molecule has 0 amide bonds. The van der Waals surface area contributed by atoms with Gasteiger partial charge in [-0.1, -0.05) is 39.5 Å². The summed E-state index contributed by atoms with van der Waals surface area (Å²) in [5.41, 5.74) is 0. The molecule has 2 heteroatoms. The minimum absolute atomic E-state index is 0.472. The van der Waals surface area contributed by atoms with Gasteiger partial charge in [0.05, 0.1) is 0 Å². The van der Waals surface area contributed by atoms with Crippen molar-refractivity contribution >= 4 is 11.6 Å². The van der Waals surface area contributed by atoms with Crippen molar-refractivity contribution in [3.8, 4) is 0 Å². The number of hydrogen-bond donors (Lipinski definition) is 0. The van der Waals surface area contributed by atoms with Crippen LogP contribution in [-0.2, 0) is 9.59 Å². The summed E-state index contributed by atoms with van der Waals surface area (Å²) in [6, 6.07) is 0. The molecule has 0 N–H and O–H groups in total. The second-order valence-corrected chi connectivity index (χ2v) is 6.19. The monoisotopic (exact) mass is 252 g/mol. The van der Waals surface area contributed by atoms with Crippen molar-refractivity contribution in [3.63, 3.8) is 0 Å². The van der Waals surface area contributed by atoms with Gasteiger partial charge in [-0.05, 0) is 24.7 Å². The lowest BCUT2D eigenvalue weighted by Crippen LogP contribution is -1.99. The van der Waals surface area contributed by atoms with Gasteiger partial charge in [-0.25, -0.2) is 0 Å². The minimum Gasteiger partial charge on any atom is -0.300 e. The Morgan fingerprint density at radius 1 is 0.722 bits per heavy atom. The summed E-state index contributed by atoms with van der Waals surface area (Å²) in [6.07, 6.45) is 10.6. The molecule has 2 fully saturated rings. The Bertz CT molecular complexity index is 242. The van der Waals surface area contributed by atoms with Gasteiger partial charge in [0.2, 0.25) is 0 Å². The van der Waals surface area contributed by atoms with Crippen LogP contribution in [0, 0.1) is 11.8 Å². The van der Waals surface area contributed by atoms with E-state index in [4.69, 9.17) is 0 Å². The van der Waals surface area contributed by atoms with E-state index in [1.54, 1.807) is 0 Å². The van der Waals surface area contributed by atoms with Crippen molar-refractivity contribution in [1.82, 2.24) is 0 Å². The van der Waals surface area contributed by atoms with Crippen molar-refractivity contribution in [2.75, 3.05) is 0 Å². The number of ketones is 2. The summed E-state index contributed by atoms with van der Waals surface area (Å²) >= 11 is 0. The van der Waals surface area contributed by atoms with E-state index in [9.17, 15) is 9.59 Å². The fourth-order valence-electron chi connectivity index (χ4n) is 2.82. The fraction of sp³-hybridized carbons (Fsp3) is 0.875. The third-order valence-electron chi connectivity index (χ3n) is 3.96. The summed E-state index contributed by atoms with van der Waals surface area (Å²) in [4.78, 5) is 21.8. The van der Waals surface area contributed by atoms with Crippen molar-refractivity contribution in [2.24, 2.45) is 11.8 Å². The molecule has 2 aliphatic rings. The zero-order valence-corrected chi connectivity index (χ0v) is 12.0. The third-order valence-corrected chi connectivity index (χ3v) is 3.96. The molecule has 2 unspecified atom stereocenters. The van der Waals surface area contributed by atoms with Crippen molar-refractivity contribution in [3.05, 3.63) is 0 Å². The molecular formula is C16H28O2. The van der Waals surface area contributed by atoms with E-state index in [2.05, 4.69) is 13.8 Å². The smallest absolute Gasteiger partial charge is 0.133 e. The van der Waals surface area contributed by atoms with Crippen molar-refractivity contribution < 1.29 is 9.59 Å². The first-order valence-electron chi connectivity index (χ1n) is 7.61. The molecule has 0 aromatic carbocycles. The second kappa shape index (κ2) is 8.44. The van der Waals surface area contributed by atoms with E-state index in [0.717, 1.165) is 38.5 Å². The lowest BCUT2D eigenvalue weighted by atomic mass is 10.0. The van der Waals surface area contributed by atoms with Crippen LogP contribution in [0.4, 0.5) is 0 Å². The maximum absolute atomic E-state index is 10.9. The Balaban J connectivity index is 0.000000180. The molecule has 18 heavy (non-hydrogen) atoms. The number of carbonyl (C=O) groups is 2. The SMILES string of the molecule is CC1CCCCC(=O)C1.CC1CCCCC(=O)C1. The molecule has 104 valence electrons. The predicted molar refractivity (Wildman–Crippen MR) is 74.5 cm³/mol. The van der Waals surface area contributed by atoms with Gasteiger partial charge in [0.25, 0.3) is 0 Å². The van der Waals surface area contributed by atoms with Crippen LogP contribution in [0.1, 0.15) is 78.1 Å². The number of rotatable bonds is 0. The molecule has 2 nitrogen and oxygen atoms in total. The van der Waals surface area contributed by atoms with E-state index >= 15 is 0 Å². The number of Topliss-reactive ketones (excluding diaryl/α,β-unsaturated/α-hetero) is 2. The first kappa shape index (κ1) is 15.4. The second-order valence-electron chi connectivity index (χ2n) is 6.19. The fourth-order valence-corrected chi connectivity index (χ4v) is 2.82. The van der Waals surface area contributed by atoms with Crippen LogP contribution in [0.2, 0.25) is 0 Å². The molecule has 0 spiro atoms. The Labute approximate surface area is 112 Å². The van der Waals surface area contributed by atoms with E-state index < -0.39 is 0 Å². The quantitative estimate of drug-likeness (QED) is 0.602. The number of hydrogen-bond acceptors (Lipinski definition) is 2. The standard InChI is InChI=1S/2C8H14O/c2*1-7-4-2-3-5-8(9)6-7/h2*7H,2-6H2,1H3. The topological polar surface area (TPSA) is 34.1 Å². The van der Waals surface area contributed by atoms with Crippen molar-refractivity contribution in [2.45, 2.75) is 78.1 Å². The third kappa shape index (κ3) is 6.93. The van der Waals surface area contributed by atoms with Gasteiger partial charge in [0.1, 0.15) is 11.6 Å². The van der Waals surface area contributed by atoms with Crippen LogP contribution in [0.25, 0.3) is 0 Å². The molecule has 0 bridgehead atoms. The molecule has 0 saturated heterocycles. The van der Waals surface area contributed by atoms with Crippen LogP contribution in [0.15, 0.2) is 0 Å². The largest absolute Gasteiger partial charge is 0.300 e. The van der Waals surface area contributed by atoms with Crippen LogP contribution < -0.4 is 0 Å². The summed E-state index contributed by atoms with van der Waals surface area (Å²) in [5, 5.41) is 0. The van der Waals surface area contributed by atoms with Crippen LogP contribution >= 0.6 is 0 Å². The molecule has 2 saturated carbocycles. The van der Waals surface area contributed by atoms with Crippen LogP contribution in [-0.4, -0.2) is 11.6 Å². The van der Waals surface area contributed by atoms with Crippen molar-refractivity contribution in [1.29, 1.82) is 0 Å². The lowest BCUT2D eigenvalue weighted by Gasteiger charge is -2.02. The molecule has 2 atom stereocenters. The Kier molecular flexibility index (Phi) is 7.22. The summed E-state index contributed by atoms with van der Waals surface area (Å²) < 4.78 is 0. The zero-order valence-electron chi connectivity index (χ0n) is 12.0. The lowest BCUT2D eigenvalue weighted by molar-refractivity contribution is -0.120. The Hall–Kier alpha value is -0.660. The number of carbonyl (C=O) groups excluding carboxylic acids is 2. The minimum atomic E-state index is 0.472. The Morgan fingerprint density at radius 2 is 1.11 bits per heavy atom. The highest BCUT2D eigenvalue weighted by Crippen LogP contribution is 2.19. The highest BCUT2D eigenvalue weighted by atomic mass is 16.1. The maximum atomic E-state index is 10.9. The molecule has 0 radical (unpaired) electrons. The van der Waals surface area contributed by atoms with Gasteiger partial charge in [0, 0.05) is 25.7 Å². The molecule has 0 aromatic rings. The Morgan fingerprint density at radius 3 is 1.50 bits per heavy atom. The maximum Gasteiger partial charge on any atom is 0.133 e. The molecule has 0 aliphatic heterocycles. The van der Waals surface area contributed by atoms with E-state index in [-0.39, 0.29) is 0 Å². The van der Waals surface area contributed by atoms with Gasteiger partial charge in [0.15, 0.2) is 0 Å². The normalized spacial score (nSPS) is 29.9. The van der Waals surface area contributed by atoms with Gasteiger partial charge >= 0.3 is 0 Å². The zero-order chi connectivity index (χ0) is 13.4. The van der Waals surface area contributed by atoms with Crippen LogP contribution in [0.5, 0.6) is 0 Å².